The van der Waals surface area contributed by atoms with Gasteiger partial charge in [0.2, 0.25) is 0 Å². The molecule has 5 heteroatoms. The smallest absolute Gasteiger partial charge is 0.175 e. The predicted molar refractivity (Wildman–Crippen MR) is 103 cm³/mol. The Balaban J connectivity index is 1.52. The SMILES string of the molecule is Fc1cccc(NC(=S)Nc2ccc(OCc3ccccc3)cc2)c1. The first-order valence-corrected chi connectivity index (χ1v) is 8.20. The van der Waals surface area contributed by atoms with Crippen LogP contribution in [0, 0.1) is 5.82 Å². The Kier molecular flexibility index (Phi) is 5.59. The number of thiocarbonyl (C=S) groups is 1. The molecule has 25 heavy (non-hydrogen) atoms. The molecular weight excluding hydrogens is 335 g/mol. The zero-order valence-electron chi connectivity index (χ0n) is 13.4. The van der Waals surface area contributed by atoms with E-state index in [-0.39, 0.29) is 5.82 Å². The molecule has 0 aliphatic carbocycles. The zero-order valence-corrected chi connectivity index (χ0v) is 14.2. The van der Waals surface area contributed by atoms with Crippen molar-refractivity contribution in [3.63, 3.8) is 0 Å². The molecule has 2 N–H and O–H groups in total. The predicted octanol–water partition coefficient (Wildman–Crippen LogP) is 5.21. The summed E-state index contributed by atoms with van der Waals surface area (Å²) in [6.07, 6.45) is 0. The molecule has 0 saturated heterocycles. The first-order chi connectivity index (χ1) is 12.2. The topological polar surface area (TPSA) is 33.3 Å². The van der Waals surface area contributed by atoms with Gasteiger partial charge >= 0.3 is 0 Å². The van der Waals surface area contributed by atoms with E-state index in [4.69, 9.17) is 17.0 Å². The van der Waals surface area contributed by atoms with Crippen molar-refractivity contribution in [1.82, 2.24) is 0 Å². The molecule has 0 aliphatic rings. The molecule has 0 spiro atoms. The normalized spacial score (nSPS) is 10.1. The second-order valence-corrected chi connectivity index (χ2v) is 5.80. The van der Waals surface area contributed by atoms with Crippen molar-refractivity contribution in [2.75, 3.05) is 10.6 Å². The maximum atomic E-state index is 13.2. The molecule has 3 rings (SSSR count). The summed E-state index contributed by atoms with van der Waals surface area (Å²) in [5.41, 5.74) is 2.53. The van der Waals surface area contributed by atoms with Crippen molar-refractivity contribution < 1.29 is 9.13 Å². The van der Waals surface area contributed by atoms with Crippen LogP contribution in [0.1, 0.15) is 5.56 Å². The fourth-order valence-electron chi connectivity index (χ4n) is 2.24. The monoisotopic (exact) mass is 352 g/mol. The van der Waals surface area contributed by atoms with Gasteiger partial charge in [-0.05, 0) is 60.2 Å². The van der Waals surface area contributed by atoms with Crippen LogP contribution in [0.2, 0.25) is 0 Å². The van der Waals surface area contributed by atoms with Crippen LogP contribution in [0.5, 0.6) is 5.75 Å². The highest BCUT2D eigenvalue weighted by Crippen LogP contribution is 2.18. The molecule has 0 heterocycles. The van der Waals surface area contributed by atoms with Crippen molar-refractivity contribution in [2.45, 2.75) is 6.61 Å². The Labute approximate surface area is 151 Å². The molecule has 0 fully saturated rings. The lowest BCUT2D eigenvalue weighted by atomic mass is 10.2. The van der Waals surface area contributed by atoms with E-state index in [0.29, 0.717) is 17.4 Å². The third-order valence-electron chi connectivity index (χ3n) is 3.44. The van der Waals surface area contributed by atoms with Gasteiger partial charge < -0.3 is 15.4 Å². The van der Waals surface area contributed by atoms with Crippen molar-refractivity contribution in [3.8, 4) is 5.75 Å². The average Bonchev–Trinajstić information content (AvgIpc) is 2.62. The van der Waals surface area contributed by atoms with E-state index in [1.165, 1.54) is 12.1 Å². The largest absolute Gasteiger partial charge is 0.489 e. The van der Waals surface area contributed by atoms with Crippen molar-refractivity contribution in [3.05, 3.63) is 90.2 Å². The van der Waals surface area contributed by atoms with Crippen molar-refractivity contribution in [1.29, 1.82) is 0 Å². The van der Waals surface area contributed by atoms with Gasteiger partial charge in [0.25, 0.3) is 0 Å². The average molecular weight is 352 g/mol. The molecule has 0 aliphatic heterocycles. The summed E-state index contributed by atoms with van der Waals surface area (Å²) in [6, 6.07) is 23.6. The fraction of sp³-hybridized carbons (Fsp3) is 0.0500. The second kappa shape index (κ2) is 8.26. The number of rotatable bonds is 5. The maximum absolute atomic E-state index is 13.2. The number of hydrogen-bond donors (Lipinski definition) is 2. The van der Waals surface area contributed by atoms with Crippen LogP contribution in [-0.4, -0.2) is 5.11 Å². The minimum absolute atomic E-state index is 0.312. The van der Waals surface area contributed by atoms with Crippen molar-refractivity contribution in [2.24, 2.45) is 0 Å². The highest BCUT2D eigenvalue weighted by molar-refractivity contribution is 7.80. The lowest BCUT2D eigenvalue weighted by molar-refractivity contribution is 0.306. The molecule has 0 saturated carbocycles. The van der Waals surface area contributed by atoms with Gasteiger partial charge in [0.1, 0.15) is 18.2 Å². The minimum atomic E-state index is -0.312. The Hall–Kier alpha value is -2.92. The number of halogens is 1. The molecule has 0 unspecified atom stereocenters. The minimum Gasteiger partial charge on any atom is -0.489 e. The van der Waals surface area contributed by atoms with E-state index >= 15 is 0 Å². The summed E-state index contributed by atoms with van der Waals surface area (Å²) in [6.45, 7) is 0.521. The van der Waals surface area contributed by atoms with E-state index in [1.54, 1.807) is 12.1 Å². The van der Waals surface area contributed by atoms with Crippen LogP contribution >= 0.6 is 12.2 Å². The molecule has 0 radical (unpaired) electrons. The summed E-state index contributed by atoms with van der Waals surface area (Å²) < 4.78 is 18.9. The molecule has 0 aromatic heterocycles. The van der Waals surface area contributed by atoms with Crippen LogP contribution in [-0.2, 0) is 6.61 Å². The van der Waals surface area contributed by atoms with Crippen LogP contribution < -0.4 is 15.4 Å². The third-order valence-corrected chi connectivity index (χ3v) is 3.65. The summed E-state index contributed by atoms with van der Waals surface area (Å²) >= 11 is 5.23. The molecule has 0 bridgehead atoms. The third kappa shape index (κ3) is 5.29. The molecule has 126 valence electrons. The second-order valence-electron chi connectivity index (χ2n) is 5.39. The van der Waals surface area contributed by atoms with E-state index in [2.05, 4.69) is 10.6 Å². The van der Waals surface area contributed by atoms with Gasteiger partial charge in [-0.15, -0.1) is 0 Å². The highest BCUT2D eigenvalue weighted by atomic mass is 32.1. The fourth-order valence-corrected chi connectivity index (χ4v) is 2.47. The van der Waals surface area contributed by atoms with Gasteiger partial charge in [-0.2, -0.15) is 0 Å². The lowest BCUT2D eigenvalue weighted by Crippen LogP contribution is -2.19. The molecule has 0 amide bonds. The standard InChI is InChI=1S/C20H17FN2OS/c21-16-7-4-8-18(13-16)23-20(25)22-17-9-11-19(12-10-17)24-14-15-5-2-1-3-6-15/h1-13H,14H2,(H2,22,23,25). The van der Waals surface area contributed by atoms with Crippen molar-refractivity contribution >= 4 is 28.7 Å². The van der Waals surface area contributed by atoms with Crippen LogP contribution in [0.15, 0.2) is 78.9 Å². The Morgan fingerprint density at radius 3 is 2.28 bits per heavy atom. The number of benzene rings is 3. The molecule has 3 aromatic carbocycles. The molecule has 3 aromatic rings. The van der Waals surface area contributed by atoms with Gasteiger partial charge in [-0.3, -0.25) is 0 Å². The van der Waals surface area contributed by atoms with Gasteiger partial charge in [-0.25, -0.2) is 4.39 Å². The highest BCUT2D eigenvalue weighted by Gasteiger charge is 2.01. The summed E-state index contributed by atoms with van der Waals surface area (Å²) in [4.78, 5) is 0. The number of anilines is 2. The lowest BCUT2D eigenvalue weighted by Gasteiger charge is -2.11. The summed E-state index contributed by atoms with van der Waals surface area (Å²) in [7, 11) is 0. The number of hydrogen-bond acceptors (Lipinski definition) is 2. The Morgan fingerprint density at radius 2 is 1.56 bits per heavy atom. The van der Waals surface area contributed by atoms with Gasteiger partial charge in [0.15, 0.2) is 5.11 Å². The number of ether oxygens (including phenoxy) is 1. The zero-order chi connectivity index (χ0) is 17.5. The van der Waals surface area contributed by atoms with E-state index in [9.17, 15) is 4.39 Å². The first-order valence-electron chi connectivity index (χ1n) is 7.79. The van der Waals surface area contributed by atoms with E-state index in [0.717, 1.165) is 17.0 Å². The number of nitrogens with one attached hydrogen (secondary N) is 2. The molecule has 3 nitrogen and oxygen atoms in total. The van der Waals surface area contributed by atoms with Gasteiger partial charge in [0.05, 0.1) is 0 Å². The molecular formula is C20H17FN2OS. The van der Waals surface area contributed by atoms with E-state index < -0.39 is 0 Å². The Bertz CT molecular complexity index is 838. The van der Waals surface area contributed by atoms with Gasteiger partial charge in [0, 0.05) is 11.4 Å². The summed E-state index contributed by atoms with van der Waals surface area (Å²) in [5, 5.41) is 6.39. The Morgan fingerprint density at radius 1 is 0.840 bits per heavy atom. The maximum Gasteiger partial charge on any atom is 0.175 e. The van der Waals surface area contributed by atoms with Crippen LogP contribution in [0.4, 0.5) is 15.8 Å². The summed E-state index contributed by atoms with van der Waals surface area (Å²) in [5.74, 6) is 0.464. The van der Waals surface area contributed by atoms with E-state index in [1.807, 2.05) is 54.6 Å². The van der Waals surface area contributed by atoms with Crippen LogP contribution in [0.25, 0.3) is 0 Å². The van der Waals surface area contributed by atoms with Gasteiger partial charge in [-0.1, -0.05) is 36.4 Å². The quantitative estimate of drug-likeness (QED) is 0.617. The molecule has 0 atom stereocenters. The first kappa shape index (κ1) is 16.9. The van der Waals surface area contributed by atoms with Crippen LogP contribution in [0.3, 0.4) is 0 Å².